The van der Waals surface area contributed by atoms with Crippen molar-refractivity contribution in [1.82, 2.24) is 21.3 Å². The van der Waals surface area contributed by atoms with Gasteiger partial charge in [0.15, 0.2) is 0 Å². The lowest BCUT2D eigenvalue weighted by Gasteiger charge is -2.43. The maximum absolute atomic E-state index is 13.4. The molecule has 3 atom stereocenters. The van der Waals surface area contributed by atoms with Crippen molar-refractivity contribution in [1.29, 1.82) is 0 Å². The van der Waals surface area contributed by atoms with Crippen molar-refractivity contribution >= 4 is 17.7 Å². The van der Waals surface area contributed by atoms with Crippen LogP contribution < -0.4 is 27.0 Å². The van der Waals surface area contributed by atoms with Crippen LogP contribution in [0.1, 0.15) is 57.2 Å². The van der Waals surface area contributed by atoms with Crippen molar-refractivity contribution in [2.45, 2.75) is 70.1 Å². The third kappa shape index (κ3) is 8.23. The number of nitrogens with one attached hydrogen (secondary N) is 4. The molecule has 1 aromatic rings. The largest absolute Gasteiger partial charge is 0.382 e. The Balaban J connectivity index is 1.69. The molecule has 37 heavy (non-hydrogen) atoms. The van der Waals surface area contributed by atoms with E-state index < -0.39 is 23.5 Å². The van der Waals surface area contributed by atoms with Gasteiger partial charge in [0.05, 0.1) is 43.9 Å². The number of methoxy groups -OCH3 is 1. The normalized spacial score (nSPS) is 20.1. The quantitative estimate of drug-likeness (QED) is 0.272. The molecule has 3 amide bonds. The molecule has 3 rings (SSSR count). The second-order valence-corrected chi connectivity index (χ2v) is 11.4. The van der Waals surface area contributed by atoms with Gasteiger partial charge in [-0.15, -0.1) is 0 Å². The summed E-state index contributed by atoms with van der Waals surface area (Å²) in [5.41, 5.74) is 7.60. The molecule has 2 aliphatic rings. The summed E-state index contributed by atoms with van der Waals surface area (Å²) in [6.07, 6.45) is 2.69. The minimum atomic E-state index is -0.917. The Morgan fingerprint density at radius 2 is 1.89 bits per heavy atom. The molecule has 206 valence electrons. The molecule has 0 aromatic heterocycles. The zero-order chi connectivity index (χ0) is 27.1. The summed E-state index contributed by atoms with van der Waals surface area (Å²) in [7, 11) is 1.48. The second kappa shape index (κ2) is 12.8. The summed E-state index contributed by atoms with van der Waals surface area (Å²) < 4.78 is 10.6. The highest BCUT2D eigenvalue weighted by molar-refractivity contribution is 5.92. The van der Waals surface area contributed by atoms with Crippen LogP contribution in [0.25, 0.3) is 0 Å². The van der Waals surface area contributed by atoms with Crippen molar-refractivity contribution in [3.63, 3.8) is 0 Å². The van der Waals surface area contributed by atoms with Gasteiger partial charge in [-0.2, -0.15) is 0 Å². The minimum Gasteiger partial charge on any atom is -0.382 e. The van der Waals surface area contributed by atoms with Crippen molar-refractivity contribution < 1.29 is 23.9 Å². The van der Waals surface area contributed by atoms with Crippen LogP contribution in [0.15, 0.2) is 24.3 Å². The van der Waals surface area contributed by atoms with Crippen LogP contribution in [-0.2, 0) is 30.3 Å². The van der Waals surface area contributed by atoms with E-state index in [1.165, 1.54) is 12.7 Å². The number of nitrogens with two attached hydrogens (primary N) is 1. The van der Waals surface area contributed by atoms with Gasteiger partial charge in [-0.1, -0.05) is 45.0 Å². The molecular formula is C27H43N5O5. The molecule has 1 heterocycles. The number of amides is 3. The lowest BCUT2D eigenvalue weighted by atomic mass is 9.87. The summed E-state index contributed by atoms with van der Waals surface area (Å²) >= 11 is 0. The standard InChI is InChI=1S/C27H43N5O5/c1-26(2,3)15-29-23(33)12-21(32-27(14-28)16-37-17-27)24(34)31-22(13-36-4)25(35)30-20-11-7-9-18-8-5-6-10-19(18)20/h5-6,8,10,20-22,32H,7,9,11-17,28H2,1-4H3,(H,29,33)(H,30,35)(H,31,34)/t20-,21?,22?/m1/s1. The molecule has 1 aliphatic carbocycles. The molecule has 6 N–H and O–H groups in total. The zero-order valence-electron chi connectivity index (χ0n) is 22.5. The molecule has 0 saturated carbocycles. The lowest BCUT2D eigenvalue weighted by Crippen LogP contribution is -2.70. The van der Waals surface area contributed by atoms with Crippen LogP contribution in [0.3, 0.4) is 0 Å². The average molecular weight is 518 g/mol. The van der Waals surface area contributed by atoms with Crippen molar-refractivity contribution in [3.05, 3.63) is 35.4 Å². The summed E-state index contributed by atoms with van der Waals surface area (Å²) in [5, 5.41) is 12.0. The van der Waals surface area contributed by atoms with Gasteiger partial charge in [0, 0.05) is 20.2 Å². The number of aryl methyl sites for hydroxylation is 1. The van der Waals surface area contributed by atoms with Crippen LogP contribution >= 0.6 is 0 Å². The van der Waals surface area contributed by atoms with Gasteiger partial charge in [0.1, 0.15) is 6.04 Å². The minimum absolute atomic E-state index is 0.0000234. The number of hydrogen-bond donors (Lipinski definition) is 5. The second-order valence-electron chi connectivity index (χ2n) is 11.4. The fraction of sp³-hybridized carbons (Fsp3) is 0.667. The fourth-order valence-corrected chi connectivity index (χ4v) is 4.61. The Kier molecular flexibility index (Phi) is 10.1. The van der Waals surface area contributed by atoms with Gasteiger partial charge in [-0.3, -0.25) is 19.7 Å². The van der Waals surface area contributed by atoms with Crippen molar-refractivity contribution in [2.75, 3.05) is 40.0 Å². The number of hydrogen-bond acceptors (Lipinski definition) is 7. The summed E-state index contributed by atoms with van der Waals surface area (Å²) in [6, 6.07) is 6.15. The highest BCUT2D eigenvalue weighted by Gasteiger charge is 2.41. The Morgan fingerprint density at radius 3 is 2.51 bits per heavy atom. The number of ether oxygens (including phenoxy) is 2. The third-order valence-electron chi connectivity index (χ3n) is 6.80. The first-order valence-corrected chi connectivity index (χ1v) is 13.1. The molecule has 0 bridgehead atoms. The smallest absolute Gasteiger partial charge is 0.245 e. The van der Waals surface area contributed by atoms with E-state index in [-0.39, 0.29) is 42.8 Å². The zero-order valence-corrected chi connectivity index (χ0v) is 22.5. The molecule has 0 radical (unpaired) electrons. The summed E-state index contributed by atoms with van der Waals surface area (Å²) in [6.45, 7) is 7.48. The van der Waals surface area contributed by atoms with Crippen molar-refractivity contribution in [2.24, 2.45) is 11.1 Å². The van der Waals surface area contributed by atoms with Gasteiger partial charge in [0.2, 0.25) is 17.7 Å². The van der Waals surface area contributed by atoms with E-state index in [0.717, 1.165) is 24.8 Å². The summed E-state index contributed by atoms with van der Waals surface area (Å²) in [5.74, 6) is -1.05. The van der Waals surface area contributed by atoms with Crippen LogP contribution in [0.2, 0.25) is 0 Å². The van der Waals surface area contributed by atoms with Crippen LogP contribution in [0.4, 0.5) is 0 Å². The molecular weight excluding hydrogens is 474 g/mol. The molecule has 1 aliphatic heterocycles. The van der Waals surface area contributed by atoms with Crippen LogP contribution in [0.5, 0.6) is 0 Å². The molecule has 10 nitrogen and oxygen atoms in total. The Labute approximate surface area is 219 Å². The van der Waals surface area contributed by atoms with Crippen LogP contribution in [-0.4, -0.2) is 75.4 Å². The maximum atomic E-state index is 13.4. The first-order valence-electron chi connectivity index (χ1n) is 13.1. The Hall–Kier alpha value is -2.53. The maximum Gasteiger partial charge on any atom is 0.245 e. The molecule has 1 saturated heterocycles. The Morgan fingerprint density at radius 1 is 1.16 bits per heavy atom. The van der Waals surface area contributed by atoms with E-state index in [4.69, 9.17) is 15.2 Å². The van der Waals surface area contributed by atoms with E-state index in [0.29, 0.717) is 19.8 Å². The van der Waals surface area contributed by atoms with E-state index in [9.17, 15) is 14.4 Å². The van der Waals surface area contributed by atoms with E-state index in [1.807, 2.05) is 39.0 Å². The number of benzene rings is 1. The van der Waals surface area contributed by atoms with Gasteiger partial charge in [-0.05, 0) is 35.8 Å². The lowest BCUT2D eigenvalue weighted by molar-refractivity contribution is -0.135. The SMILES string of the molecule is COCC(NC(=O)C(CC(=O)NCC(C)(C)C)NC1(CN)COC1)C(=O)N[C@@H]1CCCc2ccccc21. The van der Waals surface area contributed by atoms with Gasteiger partial charge in [-0.25, -0.2) is 0 Å². The van der Waals surface area contributed by atoms with Gasteiger partial charge in [0.25, 0.3) is 0 Å². The summed E-state index contributed by atoms with van der Waals surface area (Å²) in [4.78, 5) is 39.4. The first kappa shape index (κ1) is 29.0. The molecule has 2 unspecified atom stereocenters. The van der Waals surface area contributed by atoms with Crippen LogP contribution in [0, 0.1) is 5.41 Å². The molecule has 10 heteroatoms. The van der Waals surface area contributed by atoms with E-state index in [1.54, 1.807) is 0 Å². The molecule has 1 aromatic carbocycles. The molecule has 0 spiro atoms. The number of fused-ring (bicyclic) bond motifs is 1. The monoisotopic (exact) mass is 517 g/mol. The average Bonchev–Trinajstić information content (AvgIpc) is 2.83. The fourth-order valence-electron chi connectivity index (χ4n) is 4.61. The number of carbonyl (C=O) groups is 3. The molecule has 1 fully saturated rings. The van der Waals surface area contributed by atoms with Crippen molar-refractivity contribution in [3.8, 4) is 0 Å². The van der Waals surface area contributed by atoms with E-state index >= 15 is 0 Å². The predicted molar refractivity (Wildman–Crippen MR) is 141 cm³/mol. The number of carbonyl (C=O) groups excluding carboxylic acids is 3. The highest BCUT2D eigenvalue weighted by atomic mass is 16.5. The third-order valence-corrected chi connectivity index (χ3v) is 6.80. The highest BCUT2D eigenvalue weighted by Crippen LogP contribution is 2.29. The Bertz CT molecular complexity index is 938. The first-order chi connectivity index (χ1) is 17.6. The topological polar surface area (TPSA) is 144 Å². The predicted octanol–water partition coefficient (Wildman–Crippen LogP) is 0.550. The van der Waals surface area contributed by atoms with Gasteiger partial charge >= 0.3 is 0 Å². The number of rotatable bonds is 12. The van der Waals surface area contributed by atoms with E-state index in [2.05, 4.69) is 27.3 Å². The van der Waals surface area contributed by atoms with Gasteiger partial charge < -0.3 is 31.2 Å².